The lowest BCUT2D eigenvalue weighted by atomic mass is 9.66. The van der Waals surface area contributed by atoms with Crippen molar-refractivity contribution in [3.05, 3.63) is 105 Å². The van der Waals surface area contributed by atoms with E-state index in [-0.39, 0.29) is 70.2 Å². The zero-order valence-corrected chi connectivity index (χ0v) is 33.5. The molecule has 16 heteroatoms. The summed E-state index contributed by atoms with van der Waals surface area (Å²) in [5, 5.41) is 16.8. The second-order valence-electron chi connectivity index (χ2n) is 13.9. The van der Waals surface area contributed by atoms with Crippen LogP contribution in [0.4, 0.5) is 19.3 Å². The van der Waals surface area contributed by atoms with Gasteiger partial charge in [-0.25, -0.2) is 18.4 Å². The summed E-state index contributed by atoms with van der Waals surface area (Å²) >= 11 is 12.3. The van der Waals surface area contributed by atoms with Gasteiger partial charge in [0.25, 0.3) is 0 Å². The van der Waals surface area contributed by atoms with Crippen LogP contribution in [0.5, 0.6) is 5.75 Å². The van der Waals surface area contributed by atoms with Crippen LogP contribution in [0, 0.1) is 28.4 Å². The number of hydrogen-bond donors (Lipinski definition) is 2. The van der Waals surface area contributed by atoms with Crippen LogP contribution in [0.2, 0.25) is 10.0 Å². The molecule has 0 spiro atoms. The van der Waals surface area contributed by atoms with Crippen LogP contribution < -0.4 is 15.4 Å². The van der Waals surface area contributed by atoms with E-state index in [2.05, 4.69) is 16.7 Å². The van der Waals surface area contributed by atoms with Crippen LogP contribution >= 0.6 is 23.2 Å². The van der Waals surface area contributed by atoms with Gasteiger partial charge < -0.3 is 39.2 Å². The molecule has 4 rings (SSSR count). The van der Waals surface area contributed by atoms with E-state index in [0.29, 0.717) is 0 Å². The molecule has 56 heavy (non-hydrogen) atoms. The fraction of sp³-hybridized carbons (Fsp3) is 0.400. The smallest absolute Gasteiger partial charge is 0.413 e. The summed E-state index contributed by atoms with van der Waals surface area (Å²) in [5.74, 6) is -4.68. The van der Waals surface area contributed by atoms with Crippen LogP contribution in [0.3, 0.4) is 0 Å². The number of rotatable bonds is 14. The molecule has 0 bridgehead atoms. The number of methoxy groups -OCH3 is 3. The largest absolute Gasteiger partial charge is 0.495 e. The Hall–Kier alpha value is -4.94. The Kier molecular flexibility index (Phi) is 14.7. The summed E-state index contributed by atoms with van der Waals surface area (Å²) in [4.78, 5) is 41.6. The van der Waals surface area contributed by atoms with Crippen LogP contribution in [0.15, 0.2) is 66.4 Å². The molecule has 3 aromatic rings. The lowest BCUT2D eigenvalue weighted by molar-refractivity contribution is -0.118. The molecular formula is C40H44Cl2F2N4O8. The SMILES string of the molecule is COCCN(CCOC)C(=O)OC(C)OC(=O)c1ccc(NC(=O)[C@@H]2N/C(=C/C(C)(C)C)[C@](C#N)(c3ccc(Cl)cc3F)[C@H]2c2cccc(Cl)c2F)c(OC)c1. The number of nitrogens with one attached hydrogen (secondary N) is 2. The molecule has 1 aliphatic rings. The van der Waals surface area contributed by atoms with Crippen molar-refractivity contribution in [2.45, 2.75) is 51.4 Å². The first-order valence-electron chi connectivity index (χ1n) is 17.4. The van der Waals surface area contributed by atoms with Crippen LogP contribution in [-0.2, 0) is 29.2 Å². The number of amides is 2. The summed E-state index contributed by atoms with van der Waals surface area (Å²) in [6.07, 6.45) is -0.332. The van der Waals surface area contributed by atoms with Crippen molar-refractivity contribution in [3.63, 3.8) is 0 Å². The fourth-order valence-corrected chi connectivity index (χ4v) is 6.70. The molecule has 2 N–H and O–H groups in total. The Bertz CT molecular complexity index is 2000. The topological polar surface area (TPSA) is 148 Å². The fourth-order valence-electron chi connectivity index (χ4n) is 6.36. The molecule has 3 aromatic carbocycles. The molecule has 1 fully saturated rings. The van der Waals surface area contributed by atoms with Crippen molar-refractivity contribution in [2.75, 3.05) is 52.9 Å². The van der Waals surface area contributed by atoms with Crippen LogP contribution in [0.1, 0.15) is 55.1 Å². The summed E-state index contributed by atoms with van der Waals surface area (Å²) in [5.41, 5.74) is -2.57. The highest BCUT2D eigenvalue weighted by atomic mass is 35.5. The molecule has 300 valence electrons. The number of halogens is 4. The number of nitrogens with zero attached hydrogens (tertiary/aromatic N) is 2. The molecule has 0 radical (unpaired) electrons. The lowest BCUT2D eigenvalue weighted by Gasteiger charge is -2.32. The third-order valence-corrected chi connectivity index (χ3v) is 9.40. The molecule has 0 saturated carbocycles. The molecule has 0 aliphatic carbocycles. The maximum Gasteiger partial charge on any atom is 0.413 e. The van der Waals surface area contributed by atoms with E-state index in [1.54, 1.807) is 6.08 Å². The summed E-state index contributed by atoms with van der Waals surface area (Å²) in [6, 6.07) is 12.9. The van der Waals surface area contributed by atoms with E-state index in [1.165, 1.54) is 81.7 Å². The van der Waals surface area contributed by atoms with Gasteiger partial charge in [0.2, 0.25) is 12.2 Å². The molecule has 1 heterocycles. The van der Waals surface area contributed by atoms with Gasteiger partial charge in [-0.2, -0.15) is 5.26 Å². The number of carbonyl (C=O) groups excluding carboxylic acids is 3. The molecule has 1 aliphatic heterocycles. The van der Waals surface area contributed by atoms with Crippen LogP contribution in [-0.4, -0.2) is 82.8 Å². The van der Waals surface area contributed by atoms with Gasteiger partial charge in [0.1, 0.15) is 28.8 Å². The van der Waals surface area contributed by atoms with Crippen molar-refractivity contribution in [3.8, 4) is 11.8 Å². The van der Waals surface area contributed by atoms with Gasteiger partial charge >= 0.3 is 12.1 Å². The van der Waals surface area contributed by atoms with E-state index in [1.807, 2.05) is 20.8 Å². The van der Waals surface area contributed by atoms with Crippen molar-refractivity contribution < 1.29 is 46.8 Å². The minimum Gasteiger partial charge on any atom is -0.495 e. The summed E-state index contributed by atoms with van der Waals surface area (Å²) in [6.45, 7) is 7.88. The minimum absolute atomic E-state index is 0.00616. The third kappa shape index (κ3) is 9.89. The monoisotopic (exact) mass is 816 g/mol. The maximum absolute atomic E-state index is 16.0. The zero-order chi connectivity index (χ0) is 41.4. The van der Waals surface area contributed by atoms with E-state index in [9.17, 15) is 19.6 Å². The molecular weight excluding hydrogens is 773 g/mol. The number of benzene rings is 3. The van der Waals surface area contributed by atoms with E-state index >= 15 is 8.78 Å². The first kappa shape index (κ1) is 43.8. The summed E-state index contributed by atoms with van der Waals surface area (Å²) < 4.78 is 58.2. The second kappa shape index (κ2) is 18.8. The van der Waals surface area contributed by atoms with Gasteiger partial charge in [0.15, 0.2) is 0 Å². The predicted molar refractivity (Wildman–Crippen MR) is 206 cm³/mol. The zero-order valence-electron chi connectivity index (χ0n) is 32.0. The highest BCUT2D eigenvalue weighted by molar-refractivity contribution is 6.31. The Morgan fingerprint density at radius 1 is 1.02 bits per heavy atom. The number of ether oxygens (including phenoxy) is 5. The molecule has 0 aromatic heterocycles. The molecule has 2 amide bonds. The molecule has 12 nitrogen and oxygen atoms in total. The van der Waals surface area contributed by atoms with Gasteiger partial charge in [-0.05, 0) is 47.4 Å². The standard InChI is InChI=1S/C40H44Cl2F2N4O8/c1-23(56-38(51)48(15-17-52-5)16-18-53-6)55-37(50)24-11-14-30(31(19-24)54-7)46-36(49)35-33(26-9-8-10-28(42)34(26)44)40(22-45,32(47-35)21-39(2,3)4)27-13-12-25(41)20-29(27)43/h8-14,19-21,23,33,35,47H,15-18H2,1-7H3,(H,46,49)/b32-21+/t23?,33-,35+,40-/m0/s1. The Balaban J connectivity index is 1.69. The molecule has 4 atom stereocenters. The van der Waals surface area contributed by atoms with Gasteiger partial charge in [0, 0.05) is 56.4 Å². The minimum atomic E-state index is -1.97. The van der Waals surface area contributed by atoms with Gasteiger partial charge in [0.05, 0.1) is 42.7 Å². The lowest BCUT2D eigenvalue weighted by Crippen LogP contribution is -2.41. The van der Waals surface area contributed by atoms with E-state index in [0.717, 1.165) is 6.07 Å². The number of anilines is 1. The average Bonchev–Trinajstić information content (AvgIpc) is 3.45. The highest BCUT2D eigenvalue weighted by Crippen LogP contribution is 2.53. The van der Waals surface area contributed by atoms with Crippen molar-refractivity contribution in [2.24, 2.45) is 5.41 Å². The first-order valence-corrected chi connectivity index (χ1v) is 18.2. The number of nitriles is 1. The Morgan fingerprint density at radius 2 is 1.70 bits per heavy atom. The van der Waals surface area contributed by atoms with Gasteiger partial charge in [-0.3, -0.25) is 4.79 Å². The second-order valence-corrected chi connectivity index (χ2v) is 14.8. The van der Waals surface area contributed by atoms with Crippen molar-refractivity contribution >= 4 is 46.9 Å². The Morgan fingerprint density at radius 3 is 2.29 bits per heavy atom. The molecule has 1 unspecified atom stereocenters. The normalized spacial score (nSPS) is 19.1. The van der Waals surface area contributed by atoms with Crippen molar-refractivity contribution in [1.82, 2.24) is 10.2 Å². The third-order valence-electron chi connectivity index (χ3n) is 8.87. The van der Waals surface area contributed by atoms with E-state index < -0.39 is 58.7 Å². The van der Waals surface area contributed by atoms with Gasteiger partial charge in [-0.1, -0.05) is 68.2 Å². The van der Waals surface area contributed by atoms with E-state index in [4.69, 9.17) is 46.9 Å². The number of carbonyl (C=O) groups is 3. The average molecular weight is 818 g/mol. The van der Waals surface area contributed by atoms with Gasteiger partial charge in [-0.15, -0.1) is 0 Å². The first-order chi connectivity index (χ1) is 26.5. The Labute approximate surface area is 334 Å². The van der Waals surface area contributed by atoms with Crippen molar-refractivity contribution in [1.29, 1.82) is 5.26 Å². The predicted octanol–water partition coefficient (Wildman–Crippen LogP) is 7.60. The summed E-state index contributed by atoms with van der Waals surface area (Å²) in [7, 11) is 4.29. The van der Waals surface area contributed by atoms with Crippen LogP contribution in [0.25, 0.3) is 0 Å². The number of esters is 1. The number of allylic oxidation sites excluding steroid dienone is 2. The maximum atomic E-state index is 16.0. The quantitative estimate of drug-likeness (QED) is 0.123. The highest BCUT2D eigenvalue weighted by Gasteiger charge is 2.59. The number of hydrogen-bond acceptors (Lipinski definition) is 10. The molecule has 1 saturated heterocycles.